The topological polar surface area (TPSA) is 49.6 Å². The monoisotopic (exact) mass is 427 g/mol. The number of hydrogen-bond donors (Lipinski definition) is 2. The summed E-state index contributed by atoms with van der Waals surface area (Å²) in [7, 11) is 0. The molecule has 0 unspecified atom stereocenters. The average Bonchev–Trinajstić information content (AvgIpc) is 3.06. The highest BCUT2D eigenvalue weighted by Crippen LogP contribution is 2.05. The number of benzene rings is 1. The van der Waals surface area contributed by atoms with Crippen LogP contribution in [0.5, 0.6) is 0 Å². The number of rotatable bonds is 7. The summed E-state index contributed by atoms with van der Waals surface area (Å²) in [5.41, 5.74) is 2.72. The van der Waals surface area contributed by atoms with E-state index >= 15 is 0 Å². The van der Waals surface area contributed by atoms with Crippen molar-refractivity contribution in [3.05, 3.63) is 59.5 Å². The van der Waals surface area contributed by atoms with Gasteiger partial charge in [-0.15, -0.1) is 24.0 Å². The fourth-order valence-corrected chi connectivity index (χ4v) is 2.17. The van der Waals surface area contributed by atoms with Gasteiger partial charge in [0, 0.05) is 13.1 Å². The number of halogens is 1. The molecule has 1 aromatic carbocycles. The van der Waals surface area contributed by atoms with Crippen LogP contribution in [0.2, 0.25) is 0 Å². The Labute approximate surface area is 155 Å². The molecule has 0 saturated heterocycles. The van der Waals surface area contributed by atoms with Gasteiger partial charge >= 0.3 is 0 Å². The second-order valence-electron chi connectivity index (χ2n) is 5.12. The zero-order chi connectivity index (χ0) is 15.6. The Balaban J connectivity index is 0.00000264. The van der Waals surface area contributed by atoms with Gasteiger partial charge in [-0.2, -0.15) is 0 Å². The summed E-state index contributed by atoms with van der Waals surface area (Å²) in [6, 6.07) is 12.6. The predicted octanol–water partition coefficient (Wildman–Crippen LogP) is 3.76. The van der Waals surface area contributed by atoms with Crippen LogP contribution in [0, 0.1) is 0 Å². The Morgan fingerprint density at radius 1 is 1.04 bits per heavy atom. The minimum absolute atomic E-state index is 0. The highest BCUT2D eigenvalue weighted by Gasteiger charge is 1.99. The molecular formula is C18H26IN3O. The van der Waals surface area contributed by atoms with E-state index in [-0.39, 0.29) is 24.0 Å². The molecule has 5 heteroatoms. The molecule has 2 rings (SSSR count). The summed E-state index contributed by atoms with van der Waals surface area (Å²) in [5.74, 6) is 1.69. The molecule has 0 aliphatic carbocycles. The zero-order valence-corrected chi connectivity index (χ0v) is 16.2. The van der Waals surface area contributed by atoms with E-state index in [4.69, 9.17) is 4.42 Å². The van der Waals surface area contributed by atoms with Crippen LogP contribution in [0.15, 0.2) is 52.1 Å². The molecule has 0 radical (unpaired) electrons. The first-order valence-electron chi connectivity index (χ1n) is 7.94. The second kappa shape index (κ2) is 11.1. The first kappa shape index (κ1) is 19.5. The number of hydrogen-bond acceptors (Lipinski definition) is 2. The molecule has 4 nitrogen and oxygen atoms in total. The van der Waals surface area contributed by atoms with Crippen molar-refractivity contribution in [3.63, 3.8) is 0 Å². The minimum Gasteiger partial charge on any atom is -0.467 e. The van der Waals surface area contributed by atoms with E-state index < -0.39 is 0 Å². The first-order chi connectivity index (χ1) is 10.8. The lowest BCUT2D eigenvalue weighted by molar-refractivity contribution is 0.512. The molecule has 126 valence electrons. The van der Waals surface area contributed by atoms with Crippen LogP contribution in [0.25, 0.3) is 0 Å². The van der Waals surface area contributed by atoms with Gasteiger partial charge in [-0.1, -0.05) is 31.2 Å². The van der Waals surface area contributed by atoms with Crippen LogP contribution >= 0.6 is 24.0 Å². The van der Waals surface area contributed by atoms with Gasteiger partial charge in [0.25, 0.3) is 0 Å². The number of nitrogens with one attached hydrogen (secondary N) is 2. The van der Waals surface area contributed by atoms with E-state index in [1.54, 1.807) is 6.26 Å². The Hall–Kier alpha value is -1.50. The lowest BCUT2D eigenvalue weighted by Crippen LogP contribution is -2.38. The Morgan fingerprint density at radius 2 is 1.78 bits per heavy atom. The van der Waals surface area contributed by atoms with Crippen molar-refractivity contribution >= 4 is 29.9 Å². The van der Waals surface area contributed by atoms with Crippen LogP contribution in [-0.4, -0.2) is 19.0 Å². The van der Waals surface area contributed by atoms with Crippen LogP contribution < -0.4 is 10.6 Å². The van der Waals surface area contributed by atoms with E-state index in [0.717, 1.165) is 37.7 Å². The smallest absolute Gasteiger partial charge is 0.191 e. The zero-order valence-electron chi connectivity index (χ0n) is 13.8. The van der Waals surface area contributed by atoms with Gasteiger partial charge < -0.3 is 15.1 Å². The van der Waals surface area contributed by atoms with Crippen molar-refractivity contribution in [3.8, 4) is 0 Å². The quantitative estimate of drug-likeness (QED) is 0.402. The third kappa shape index (κ3) is 7.07. The summed E-state index contributed by atoms with van der Waals surface area (Å²) in [4.78, 5) is 4.52. The van der Waals surface area contributed by atoms with Crippen molar-refractivity contribution in [2.45, 2.75) is 33.2 Å². The summed E-state index contributed by atoms with van der Waals surface area (Å²) in [6.07, 6.45) is 3.74. The number of aliphatic imine (C=N–C) groups is 1. The van der Waals surface area contributed by atoms with E-state index in [9.17, 15) is 0 Å². The minimum atomic E-state index is 0. The largest absolute Gasteiger partial charge is 0.467 e. The normalized spacial score (nSPS) is 11.0. The molecular weight excluding hydrogens is 401 g/mol. The van der Waals surface area contributed by atoms with Crippen molar-refractivity contribution in [1.82, 2.24) is 10.6 Å². The maximum absolute atomic E-state index is 5.29. The molecule has 2 N–H and O–H groups in total. The molecule has 23 heavy (non-hydrogen) atoms. The molecule has 1 heterocycles. The van der Waals surface area contributed by atoms with E-state index in [1.807, 2.05) is 12.1 Å². The van der Waals surface area contributed by atoms with Gasteiger partial charge in [-0.25, -0.2) is 4.99 Å². The predicted molar refractivity (Wildman–Crippen MR) is 106 cm³/mol. The lowest BCUT2D eigenvalue weighted by Gasteiger charge is -2.11. The molecule has 0 amide bonds. The maximum atomic E-state index is 5.29. The number of guanidine groups is 1. The van der Waals surface area contributed by atoms with Crippen molar-refractivity contribution in [2.24, 2.45) is 4.99 Å². The summed E-state index contributed by atoms with van der Waals surface area (Å²) in [6.45, 7) is 6.49. The molecule has 2 aromatic rings. The highest BCUT2D eigenvalue weighted by molar-refractivity contribution is 14.0. The summed E-state index contributed by atoms with van der Waals surface area (Å²) >= 11 is 0. The first-order valence-corrected chi connectivity index (χ1v) is 7.94. The molecule has 0 aliphatic heterocycles. The lowest BCUT2D eigenvalue weighted by atomic mass is 10.1. The number of aryl methyl sites for hydroxylation is 1. The van der Waals surface area contributed by atoms with Crippen LogP contribution in [0.4, 0.5) is 0 Å². The number of furan rings is 1. The molecule has 1 aromatic heterocycles. The van der Waals surface area contributed by atoms with E-state index in [0.29, 0.717) is 6.54 Å². The highest BCUT2D eigenvalue weighted by atomic mass is 127. The molecule has 0 aliphatic rings. The van der Waals surface area contributed by atoms with Crippen molar-refractivity contribution < 1.29 is 4.42 Å². The van der Waals surface area contributed by atoms with Crippen LogP contribution in [0.3, 0.4) is 0 Å². The Bertz CT molecular complexity index is 564. The van der Waals surface area contributed by atoms with Gasteiger partial charge in [0.1, 0.15) is 12.3 Å². The van der Waals surface area contributed by atoms with Crippen molar-refractivity contribution in [2.75, 3.05) is 13.1 Å². The molecule has 0 fully saturated rings. The van der Waals surface area contributed by atoms with Gasteiger partial charge in [0.15, 0.2) is 5.96 Å². The molecule has 0 saturated carbocycles. The van der Waals surface area contributed by atoms with Gasteiger partial charge in [-0.3, -0.25) is 0 Å². The molecule has 0 spiro atoms. The average molecular weight is 427 g/mol. The fourth-order valence-electron chi connectivity index (χ4n) is 2.17. The van der Waals surface area contributed by atoms with Crippen LogP contribution in [-0.2, 0) is 19.4 Å². The standard InChI is InChI=1S/C18H25N3O.HI/c1-3-15-7-9-16(10-8-15)11-12-20-18(19-4-2)21-14-17-6-5-13-22-17;/h5-10,13H,3-4,11-12,14H2,1-2H3,(H2,19,20,21);1H. The van der Waals surface area contributed by atoms with Gasteiger partial charge in [-0.05, 0) is 43.0 Å². The van der Waals surface area contributed by atoms with Crippen LogP contribution in [0.1, 0.15) is 30.7 Å². The molecule has 0 atom stereocenters. The fraction of sp³-hybridized carbons (Fsp3) is 0.389. The van der Waals surface area contributed by atoms with E-state index in [2.05, 4.69) is 53.7 Å². The van der Waals surface area contributed by atoms with Crippen molar-refractivity contribution in [1.29, 1.82) is 0 Å². The molecule has 0 bridgehead atoms. The summed E-state index contributed by atoms with van der Waals surface area (Å²) in [5, 5.41) is 6.60. The Morgan fingerprint density at radius 3 is 2.39 bits per heavy atom. The SMILES string of the molecule is CCNC(=NCc1ccco1)NCCc1ccc(CC)cc1.I. The maximum Gasteiger partial charge on any atom is 0.191 e. The third-order valence-corrected chi connectivity index (χ3v) is 3.45. The number of nitrogens with zero attached hydrogens (tertiary/aromatic N) is 1. The van der Waals surface area contributed by atoms with Gasteiger partial charge in [0.2, 0.25) is 0 Å². The Kier molecular flexibility index (Phi) is 9.43. The second-order valence-corrected chi connectivity index (χ2v) is 5.12. The van der Waals surface area contributed by atoms with Gasteiger partial charge in [0.05, 0.1) is 6.26 Å². The van der Waals surface area contributed by atoms with E-state index in [1.165, 1.54) is 11.1 Å². The third-order valence-electron chi connectivity index (χ3n) is 3.45. The summed E-state index contributed by atoms with van der Waals surface area (Å²) < 4.78 is 5.29.